The third kappa shape index (κ3) is 5.58. The molecule has 0 bridgehead atoms. The van der Waals surface area contributed by atoms with Crippen LogP contribution in [0, 0.1) is 10.1 Å². The first kappa shape index (κ1) is 20.4. The number of anilines is 1. The molecule has 0 atom stereocenters. The molecule has 0 aliphatic heterocycles. The molecule has 0 N–H and O–H groups in total. The Morgan fingerprint density at radius 2 is 1.76 bits per heavy atom. The van der Waals surface area contributed by atoms with Crippen LogP contribution in [0.3, 0.4) is 0 Å². The molecule has 7 nitrogen and oxygen atoms in total. The van der Waals surface area contributed by atoms with Gasteiger partial charge in [0.25, 0.3) is 5.69 Å². The number of hydrogen-bond acceptors (Lipinski definition) is 5. The summed E-state index contributed by atoms with van der Waals surface area (Å²) < 4.78 is 2.02. The van der Waals surface area contributed by atoms with Crippen molar-refractivity contribution in [3.8, 4) is 0 Å². The number of nitrogens with zero attached hydrogens (tertiary/aromatic N) is 5. The molecule has 0 unspecified atom stereocenters. The Morgan fingerprint density at radius 1 is 1.07 bits per heavy atom. The molecule has 8 heteroatoms. The molecule has 0 spiro atoms. The van der Waals surface area contributed by atoms with E-state index in [-0.39, 0.29) is 10.7 Å². The third-order valence-corrected chi connectivity index (χ3v) is 4.79. The Bertz CT molecular complexity index is 1020. The number of aromatic nitrogens is 1. The molecule has 148 valence electrons. The van der Waals surface area contributed by atoms with Crippen LogP contribution in [0.1, 0.15) is 5.56 Å². The lowest BCUT2D eigenvalue weighted by Gasteiger charge is -2.19. The van der Waals surface area contributed by atoms with Crippen molar-refractivity contribution in [2.24, 2.45) is 17.3 Å². The van der Waals surface area contributed by atoms with Crippen molar-refractivity contribution in [1.82, 2.24) is 0 Å². The van der Waals surface area contributed by atoms with Gasteiger partial charge < -0.3 is 4.90 Å². The fourth-order valence-electron chi connectivity index (χ4n) is 2.70. The molecule has 0 saturated carbocycles. The van der Waals surface area contributed by atoms with E-state index in [4.69, 9.17) is 11.6 Å². The van der Waals surface area contributed by atoms with Crippen LogP contribution in [0.4, 0.5) is 22.7 Å². The van der Waals surface area contributed by atoms with Crippen LogP contribution >= 0.6 is 11.6 Å². The number of nitro benzene ring substituents is 1. The highest BCUT2D eigenvalue weighted by atomic mass is 35.5. The summed E-state index contributed by atoms with van der Waals surface area (Å²) in [6, 6.07) is 16.1. The molecular formula is C21H21ClN5O2+. The summed E-state index contributed by atoms with van der Waals surface area (Å²) in [4.78, 5) is 12.4. The Hall–Kier alpha value is -3.32. The van der Waals surface area contributed by atoms with Gasteiger partial charge in [-0.2, -0.15) is 5.11 Å². The largest absolute Gasteiger partial charge is 0.374 e. The van der Waals surface area contributed by atoms with Gasteiger partial charge in [-0.1, -0.05) is 11.6 Å². The van der Waals surface area contributed by atoms with E-state index in [1.807, 2.05) is 48.3 Å². The van der Waals surface area contributed by atoms with Crippen molar-refractivity contribution in [2.75, 3.05) is 18.5 Å². The predicted molar refractivity (Wildman–Crippen MR) is 113 cm³/mol. The average molecular weight is 411 g/mol. The van der Waals surface area contributed by atoms with Gasteiger partial charge in [0.15, 0.2) is 12.4 Å². The van der Waals surface area contributed by atoms with Gasteiger partial charge >= 0.3 is 0 Å². The molecule has 29 heavy (non-hydrogen) atoms. The SMILES string of the molecule is CN(CCc1cc[n+](C)cc1)c1ccc(N=Nc2ccc([N+](=O)[O-])cc2Cl)cc1. The quantitative estimate of drug-likeness (QED) is 0.233. The van der Waals surface area contributed by atoms with E-state index in [2.05, 4.69) is 34.3 Å². The van der Waals surface area contributed by atoms with E-state index in [1.54, 1.807) is 0 Å². The number of likely N-dealkylation sites (N-methyl/N-ethyl adjacent to an activating group) is 1. The fraction of sp³-hybridized carbons (Fsp3) is 0.190. The first-order valence-electron chi connectivity index (χ1n) is 9.03. The normalized spacial score (nSPS) is 11.0. The Balaban J connectivity index is 1.61. The molecular weight excluding hydrogens is 390 g/mol. The lowest BCUT2D eigenvalue weighted by molar-refractivity contribution is -0.671. The van der Waals surface area contributed by atoms with Gasteiger partial charge in [-0.15, -0.1) is 5.11 Å². The number of nitro groups is 1. The second-order valence-electron chi connectivity index (χ2n) is 6.65. The molecule has 0 aliphatic carbocycles. The van der Waals surface area contributed by atoms with Crippen LogP contribution in [0.5, 0.6) is 0 Å². The molecule has 0 saturated heterocycles. The number of halogens is 1. The van der Waals surface area contributed by atoms with E-state index >= 15 is 0 Å². The minimum Gasteiger partial charge on any atom is -0.374 e. The van der Waals surface area contributed by atoms with Crippen molar-refractivity contribution in [2.45, 2.75) is 6.42 Å². The van der Waals surface area contributed by atoms with Crippen LogP contribution < -0.4 is 9.47 Å². The maximum absolute atomic E-state index is 10.8. The van der Waals surface area contributed by atoms with Gasteiger partial charge in [-0.05, 0) is 42.3 Å². The standard InChI is InChI=1S/C21H21ClN5O2/c1-25-12-9-16(10-13-25)11-14-26(2)18-5-3-17(4-6-18)23-24-21-8-7-19(27(28)29)15-20(21)22/h3-10,12-13,15H,11,14H2,1-2H3/q+1. The van der Waals surface area contributed by atoms with E-state index in [1.165, 1.54) is 23.8 Å². The maximum atomic E-state index is 10.8. The molecule has 1 heterocycles. The van der Waals surface area contributed by atoms with Gasteiger partial charge in [0.05, 0.1) is 15.6 Å². The van der Waals surface area contributed by atoms with Crippen LogP contribution in [-0.2, 0) is 13.5 Å². The van der Waals surface area contributed by atoms with Crippen molar-refractivity contribution < 1.29 is 9.49 Å². The average Bonchev–Trinajstić information content (AvgIpc) is 2.72. The second kappa shape index (κ2) is 9.25. The zero-order valence-electron chi connectivity index (χ0n) is 16.2. The molecule has 0 radical (unpaired) electrons. The minimum atomic E-state index is -0.500. The Kier molecular flexibility index (Phi) is 6.51. The van der Waals surface area contributed by atoms with E-state index < -0.39 is 4.92 Å². The topological polar surface area (TPSA) is 75.0 Å². The molecule has 3 aromatic rings. The van der Waals surface area contributed by atoms with Crippen molar-refractivity contribution >= 4 is 34.4 Å². The van der Waals surface area contributed by atoms with Crippen LogP contribution in [0.15, 0.2) is 77.2 Å². The number of pyridine rings is 1. The van der Waals surface area contributed by atoms with Crippen molar-refractivity contribution in [1.29, 1.82) is 0 Å². The molecule has 2 aromatic carbocycles. The lowest BCUT2D eigenvalue weighted by atomic mass is 10.2. The third-order valence-electron chi connectivity index (χ3n) is 4.49. The summed E-state index contributed by atoms with van der Waals surface area (Å²) in [5.74, 6) is 0. The fourth-order valence-corrected chi connectivity index (χ4v) is 2.91. The summed E-state index contributed by atoms with van der Waals surface area (Å²) in [5, 5.41) is 19.2. The molecule has 0 amide bonds. The highest BCUT2D eigenvalue weighted by Crippen LogP contribution is 2.30. The van der Waals surface area contributed by atoms with Gasteiger partial charge in [0.1, 0.15) is 12.7 Å². The van der Waals surface area contributed by atoms with Crippen LogP contribution in [-0.4, -0.2) is 18.5 Å². The first-order valence-corrected chi connectivity index (χ1v) is 9.41. The molecule has 0 fully saturated rings. The minimum absolute atomic E-state index is 0.0780. The maximum Gasteiger partial charge on any atom is 0.271 e. The predicted octanol–water partition coefficient (Wildman–Crippen LogP) is 5.17. The number of rotatable bonds is 7. The van der Waals surface area contributed by atoms with Gasteiger partial charge in [-0.25, -0.2) is 4.57 Å². The molecule has 0 aliphatic rings. The zero-order chi connectivity index (χ0) is 20.8. The summed E-state index contributed by atoms with van der Waals surface area (Å²) >= 11 is 6.03. The van der Waals surface area contributed by atoms with Gasteiger partial charge in [-0.3, -0.25) is 10.1 Å². The highest BCUT2D eigenvalue weighted by Gasteiger charge is 2.09. The Morgan fingerprint density at radius 3 is 2.38 bits per heavy atom. The lowest BCUT2D eigenvalue weighted by Crippen LogP contribution is -2.26. The first-order chi connectivity index (χ1) is 13.9. The number of aryl methyl sites for hydroxylation is 1. The molecule has 1 aromatic heterocycles. The van der Waals surface area contributed by atoms with Crippen molar-refractivity contribution in [3.63, 3.8) is 0 Å². The summed E-state index contributed by atoms with van der Waals surface area (Å²) in [5.41, 5.74) is 3.35. The Labute approximate surface area is 174 Å². The smallest absolute Gasteiger partial charge is 0.271 e. The second-order valence-corrected chi connectivity index (χ2v) is 7.06. The number of benzene rings is 2. The van der Waals surface area contributed by atoms with Crippen LogP contribution in [0.25, 0.3) is 0 Å². The summed E-state index contributed by atoms with van der Waals surface area (Å²) in [6.45, 7) is 0.896. The number of hydrogen-bond donors (Lipinski definition) is 0. The van der Waals surface area contributed by atoms with E-state index in [0.29, 0.717) is 11.4 Å². The zero-order valence-corrected chi connectivity index (χ0v) is 17.0. The number of non-ortho nitro benzene ring substituents is 1. The van der Waals surface area contributed by atoms with Crippen molar-refractivity contribution in [3.05, 3.63) is 87.7 Å². The monoisotopic (exact) mass is 410 g/mol. The summed E-state index contributed by atoms with van der Waals surface area (Å²) in [7, 11) is 4.06. The van der Waals surface area contributed by atoms with Crippen LogP contribution in [0.2, 0.25) is 5.02 Å². The van der Waals surface area contributed by atoms with Gasteiger partial charge in [0.2, 0.25) is 0 Å². The highest BCUT2D eigenvalue weighted by molar-refractivity contribution is 6.33. The van der Waals surface area contributed by atoms with Gasteiger partial charge in [0, 0.05) is 43.5 Å². The van der Waals surface area contributed by atoms with E-state index in [9.17, 15) is 10.1 Å². The molecule has 3 rings (SSSR count). The summed E-state index contributed by atoms with van der Waals surface area (Å²) in [6.07, 6.45) is 5.05. The van der Waals surface area contributed by atoms with E-state index in [0.717, 1.165) is 18.7 Å². The number of azo groups is 1.